The highest BCUT2D eigenvalue weighted by atomic mass is 17.2. The van der Waals surface area contributed by atoms with Gasteiger partial charge in [-0.3, -0.25) is 0 Å². The minimum absolute atomic E-state index is 0.180. The van der Waals surface area contributed by atoms with E-state index in [1.807, 2.05) is 24.3 Å². The zero-order valence-electron chi connectivity index (χ0n) is 21.3. The van der Waals surface area contributed by atoms with Crippen LogP contribution in [-0.4, -0.2) is 80.8 Å². The Balaban J connectivity index is 1.61. The highest BCUT2D eigenvalue weighted by Crippen LogP contribution is 2.32. The number of nitrogens with zero attached hydrogens (tertiary/aromatic N) is 5. The molecule has 0 bridgehead atoms. The van der Waals surface area contributed by atoms with Crippen molar-refractivity contribution in [2.24, 2.45) is 0 Å². The molecule has 192 valence electrons. The van der Waals surface area contributed by atoms with Crippen LogP contribution >= 0.6 is 0 Å². The second kappa shape index (κ2) is 10.9. The lowest BCUT2D eigenvalue weighted by Crippen LogP contribution is -2.46. The maximum absolute atomic E-state index is 5.69. The van der Waals surface area contributed by atoms with Crippen LogP contribution in [-0.2, 0) is 25.9 Å². The van der Waals surface area contributed by atoms with E-state index < -0.39 is 0 Å². The summed E-state index contributed by atoms with van der Waals surface area (Å²) in [6.07, 6.45) is 0. The van der Waals surface area contributed by atoms with E-state index in [0.29, 0.717) is 38.0 Å². The summed E-state index contributed by atoms with van der Waals surface area (Å²) < 4.78 is 16.8. The van der Waals surface area contributed by atoms with Crippen LogP contribution in [0, 0.1) is 0 Å². The predicted octanol–water partition coefficient (Wildman–Crippen LogP) is 3.23. The second-order valence-corrected chi connectivity index (χ2v) is 9.11. The number of hydrogen-bond donors (Lipinski definition) is 0. The highest BCUT2D eigenvalue weighted by molar-refractivity contribution is 5.90. The van der Waals surface area contributed by atoms with Crippen LogP contribution < -0.4 is 14.5 Å². The van der Waals surface area contributed by atoms with E-state index in [1.54, 1.807) is 7.11 Å². The number of benzene rings is 1. The summed E-state index contributed by atoms with van der Waals surface area (Å²) >= 11 is 0. The molecule has 2 saturated heterocycles. The monoisotopic (exact) mass is 495 g/mol. The first-order chi connectivity index (χ1) is 17.6. The van der Waals surface area contributed by atoms with Crippen molar-refractivity contribution in [3.05, 3.63) is 35.9 Å². The van der Waals surface area contributed by atoms with Crippen molar-refractivity contribution in [1.29, 1.82) is 0 Å². The second-order valence-electron chi connectivity index (χ2n) is 9.11. The van der Waals surface area contributed by atoms with Gasteiger partial charge in [-0.15, -0.1) is 0 Å². The molecule has 2 aliphatic rings. The largest absolute Gasteiger partial charge is 0.496 e. The van der Waals surface area contributed by atoms with Gasteiger partial charge in [0.1, 0.15) is 18.2 Å². The van der Waals surface area contributed by atoms with Gasteiger partial charge in [0, 0.05) is 24.2 Å². The van der Waals surface area contributed by atoms with E-state index in [4.69, 9.17) is 38.9 Å². The molecule has 2 atom stereocenters. The van der Waals surface area contributed by atoms with Gasteiger partial charge < -0.3 is 24.0 Å². The SMILES string of the molecule is COOCc1cc(-c2ccc3c(N4CCOC[C@@H]4C)nc(N4CCOC[C@@H]4C)nc3n2)ccc1OC. The van der Waals surface area contributed by atoms with Crippen LogP contribution in [0.3, 0.4) is 0 Å². The fourth-order valence-corrected chi connectivity index (χ4v) is 4.73. The summed E-state index contributed by atoms with van der Waals surface area (Å²) in [6, 6.07) is 10.4. The average molecular weight is 496 g/mol. The molecular weight excluding hydrogens is 462 g/mol. The van der Waals surface area contributed by atoms with E-state index in [1.165, 1.54) is 7.11 Å². The Morgan fingerprint density at radius 2 is 1.67 bits per heavy atom. The van der Waals surface area contributed by atoms with Crippen molar-refractivity contribution in [2.45, 2.75) is 32.5 Å². The Kier molecular flexibility index (Phi) is 7.47. The molecule has 2 fully saturated rings. The maximum atomic E-state index is 5.69. The standard InChI is InChI=1S/C26H33N5O5/c1-17-14-34-11-9-30(17)25-21-6-7-22(19-5-8-23(32-3)20(13-19)16-36-33-4)27-24(21)28-26(29-25)31-10-12-35-15-18(31)2/h5-8,13,17-18H,9-12,14-16H2,1-4H3/t17-,18-/m0/s1. The molecule has 0 spiro atoms. The van der Waals surface area contributed by atoms with E-state index in [2.05, 4.69) is 29.7 Å². The lowest BCUT2D eigenvalue weighted by molar-refractivity contribution is -0.282. The number of rotatable bonds is 7. The number of aromatic nitrogens is 3. The molecule has 2 aromatic heterocycles. The first-order valence-corrected chi connectivity index (χ1v) is 12.3. The minimum atomic E-state index is 0.180. The summed E-state index contributed by atoms with van der Waals surface area (Å²) in [6.45, 7) is 8.71. The Hall–Kier alpha value is -3.05. The fourth-order valence-electron chi connectivity index (χ4n) is 4.73. The van der Waals surface area contributed by atoms with Gasteiger partial charge in [0.05, 0.1) is 63.8 Å². The van der Waals surface area contributed by atoms with Gasteiger partial charge in [-0.25, -0.2) is 14.8 Å². The molecule has 0 radical (unpaired) electrons. The van der Waals surface area contributed by atoms with Gasteiger partial charge in [0.2, 0.25) is 5.95 Å². The molecule has 1 aromatic carbocycles. The van der Waals surface area contributed by atoms with E-state index in [-0.39, 0.29) is 18.7 Å². The van der Waals surface area contributed by atoms with Crippen molar-refractivity contribution >= 4 is 22.8 Å². The quantitative estimate of drug-likeness (QED) is 0.359. The van der Waals surface area contributed by atoms with Crippen LogP contribution in [0.5, 0.6) is 5.75 Å². The summed E-state index contributed by atoms with van der Waals surface area (Å²) in [7, 11) is 3.12. The molecule has 0 aliphatic carbocycles. The number of pyridine rings is 1. The molecule has 0 N–H and O–H groups in total. The van der Waals surface area contributed by atoms with Crippen LogP contribution in [0.15, 0.2) is 30.3 Å². The Bertz CT molecular complexity index is 1210. The lowest BCUT2D eigenvalue weighted by Gasteiger charge is -2.37. The minimum Gasteiger partial charge on any atom is -0.496 e. The van der Waals surface area contributed by atoms with Crippen LogP contribution in [0.25, 0.3) is 22.3 Å². The summed E-state index contributed by atoms with van der Waals surface area (Å²) in [5.74, 6) is 2.30. The highest BCUT2D eigenvalue weighted by Gasteiger charge is 2.27. The maximum Gasteiger partial charge on any atom is 0.229 e. The van der Waals surface area contributed by atoms with Crippen LogP contribution in [0.1, 0.15) is 19.4 Å². The molecule has 5 rings (SSSR count). The first kappa shape index (κ1) is 24.6. The number of methoxy groups -OCH3 is 1. The third-order valence-corrected chi connectivity index (χ3v) is 6.70. The molecule has 4 heterocycles. The van der Waals surface area contributed by atoms with Crippen molar-refractivity contribution in [2.75, 3.05) is 63.5 Å². The van der Waals surface area contributed by atoms with Crippen molar-refractivity contribution in [3.8, 4) is 17.0 Å². The number of anilines is 2. The Labute approximate surface area is 211 Å². The zero-order valence-corrected chi connectivity index (χ0v) is 21.3. The molecule has 10 heteroatoms. The van der Waals surface area contributed by atoms with Crippen LogP contribution in [0.2, 0.25) is 0 Å². The van der Waals surface area contributed by atoms with Gasteiger partial charge in [-0.2, -0.15) is 9.97 Å². The van der Waals surface area contributed by atoms with E-state index >= 15 is 0 Å². The van der Waals surface area contributed by atoms with Gasteiger partial charge in [-0.1, -0.05) is 0 Å². The number of fused-ring (bicyclic) bond motifs is 1. The first-order valence-electron chi connectivity index (χ1n) is 12.3. The number of hydrogen-bond acceptors (Lipinski definition) is 10. The topological polar surface area (TPSA) is 91.3 Å². The van der Waals surface area contributed by atoms with Gasteiger partial charge >= 0.3 is 0 Å². The average Bonchev–Trinajstić information content (AvgIpc) is 2.91. The molecule has 0 saturated carbocycles. The smallest absolute Gasteiger partial charge is 0.229 e. The molecule has 10 nitrogen and oxygen atoms in total. The molecule has 2 aliphatic heterocycles. The normalized spacial score (nSPS) is 20.7. The zero-order chi connectivity index (χ0) is 25.1. The van der Waals surface area contributed by atoms with Crippen molar-refractivity contribution in [1.82, 2.24) is 15.0 Å². The van der Waals surface area contributed by atoms with Crippen molar-refractivity contribution < 1.29 is 24.0 Å². The number of ether oxygens (including phenoxy) is 3. The Morgan fingerprint density at radius 3 is 2.36 bits per heavy atom. The third-order valence-electron chi connectivity index (χ3n) is 6.70. The number of morpholine rings is 2. The summed E-state index contributed by atoms with van der Waals surface area (Å²) in [5.41, 5.74) is 3.28. The van der Waals surface area contributed by atoms with Crippen molar-refractivity contribution in [3.63, 3.8) is 0 Å². The third kappa shape index (κ3) is 4.94. The molecule has 3 aromatic rings. The van der Waals surface area contributed by atoms with Crippen LogP contribution in [0.4, 0.5) is 11.8 Å². The van der Waals surface area contributed by atoms with Gasteiger partial charge in [-0.05, 0) is 44.2 Å². The molecule has 0 unspecified atom stereocenters. The molecule has 36 heavy (non-hydrogen) atoms. The van der Waals surface area contributed by atoms with E-state index in [0.717, 1.165) is 46.9 Å². The fraction of sp³-hybridized carbons (Fsp3) is 0.500. The summed E-state index contributed by atoms with van der Waals surface area (Å²) in [5, 5.41) is 0.925. The van der Waals surface area contributed by atoms with E-state index in [9.17, 15) is 0 Å². The molecule has 0 amide bonds. The van der Waals surface area contributed by atoms with Gasteiger partial charge in [0.25, 0.3) is 0 Å². The summed E-state index contributed by atoms with van der Waals surface area (Å²) in [4.78, 5) is 29.5. The molecular formula is C26H33N5O5. The predicted molar refractivity (Wildman–Crippen MR) is 136 cm³/mol. The lowest BCUT2D eigenvalue weighted by atomic mass is 10.1. The Morgan fingerprint density at radius 1 is 0.917 bits per heavy atom. The van der Waals surface area contributed by atoms with Gasteiger partial charge in [0.15, 0.2) is 5.65 Å².